The molecule has 0 bridgehead atoms. The van der Waals surface area contributed by atoms with E-state index in [1.54, 1.807) is 42.6 Å². The first-order valence-corrected chi connectivity index (χ1v) is 11.2. The molecule has 1 aromatic heterocycles. The Hall–Kier alpha value is -2.49. The van der Waals surface area contributed by atoms with Crippen LogP contribution in [0.5, 0.6) is 0 Å². The number of rotatable bonds is 5. The number of nitriles is 1. The summed E-state index contributed by atoms with van der Waals surface area (Å²) in [5.74, 6) is 0. The summed E-state index contributed by atoms with van der Waals surface area (Å²) in [5.41, 5.74) is 3.32. The van der Waals surface area contributed by atoms with Crippen LogP contribution in [-0.4, -0.2) is 34.3 Å². The zero-order valence-electron chi connectivity index (χ0n) is 17.3. The second-order valence-corrected chi connectivity index (χ2v) is 8.81. The number of nitrogens with zero attached hydrogens (tertiary/aromatic N) is 3. The predicted molar refractivity (Wildman–Crippen MR) is 124 cm³/mol. The van der Waals surface area contributed by atoms with E-state index < -0.39 is 18.3 Å². The van der Waals surface area contributed by atoms with Crippen LogP contribution in [0.25, 0.3) is 11.3 Å². The molecule has 1 aliphatic heterocycles. The molecular formula is C25H22Cl2FN3O. The second kappa shape index (κ2) is 9.97. The molecule has 1 saturated heterocycles. The van der Waals surface area contributed by atoms with Gasteiger partial charge in [0.1, 0.15) is 12.3 Å². The van der Waals surface area contributed by atoms with Crippen LogP contribution in [0.1, 0.15) is 41.7 Å². The van der Waals surface area contributed by atoms with Gasteiger partial charge in [0, 0.05) is 40.5 Å². The smallest absolute Gasteiger partial charge is 0.103 e. The van der Waals surface area contributed by atoms with Crippen molar-refractivity contribution in [2.24, 2.45) is 0 Å². The Bertz CT molecular complexity index is 1100. The minimum Gasteiger partial charge on any atom is -0.386 e. The van der Waals surface area contributed by atoms with Crippen LogP contribution in [-0.2, 0) is 0 Å². The Labute approximate surface area is 196 Å². The summed E-state index contributed by atoms with van der Waals surface area (Å²) in [6, 6.07) is 17.6. The van der Waals surface area contributed by atoms with Crippen molar-refractivity contribution in [3.63, 3.8) is 0 Å². The number of piperidine rings is 1. The Balaban J connectivity index is 1.77. The molecule has 4 rings (SSSR count). The Morgan fingerprint density at radius 3 is 2.34 bits per heavy atom. The molecule has 1 aliphatic rings. The van der Waals surface area contributed by atoms with E-state index in [1.165, 1.54) is 0 Å². The predicted octanol–water partition coefficient (Wildman–Crippen LogP) is 6.14. The van der Waals surface area contributed by atoms with E-state index in [9.17, 15) is 9.50 Å². The first-order valence-electron chi connectivity index (χ1n) is 10.4. The molecule has 1 fully saturated rings. The number of aliphatic hydroxyl groups is 1. The standard InChI is InChI=1S/C25H22Cl2FN3O/c26-19-12-18(13-20(27)14-19)23-22(2-1-9-30-23)25(32)24(31-10-7-21(28)8-11-31)17-5-3-16(15-29)4-6-17/h1-6,9,12-14,21,24-25,32H,7-8,10-11H2/t24-,25+/m0/s1. The molecule has 32 heavy (non-hydrogen) atoms. The highest BCUT2D eigenvalue weighted by atomic mass is 35.5. The van der Waals surface area contributed by atoms with Crippen LogP contribution in [0.3, 0.4) is 0 Å². The fourth-order valence-corrected chi connectivity index (χ4v) is 4.78. The zero-order valence-corrected chi connectivity index (χ0v) is 18.8. The largest absolute Gasteiger partial charge is 0.386 e. The molecule has 0 radical (unpaired) electrons. The van der Waals surface area contributed by atoms with Crippen molar-refractivity contribution in [1.29, 1.82) is 5.26 Å². The fourth-order valence-electron chi connectivity index (χ4n) is 4.25. The number of benzene rings is 2. The molecule has 3 aromatic rings. The van der Waals surface area contributed by atoms with Crippen molar-refractivity contribution in [3.8, 4) is 17.3 Å². The summed E-state index contributed by atoms with van der Waals surface area (Å²) in [7, 11) is 0. The van der Waals surface area contributed by atoms with Crippen molar-refractivity contribution in [2.75, 3.05) is 13.1 Å². The molecule has 2 aromatic carbocycles. The second-order valence-electron chi connectivity index (χ2n) is 7.93. The number of aliphatic hydroxyl groups excluding tert-OH is 1. The zero-order chi connectivity index (χ0) is 22.7. The molecule has 0 saturated carbocycles. The molecule has 1 N–H and O–H groups in total. The molecule has 2 heterocycles. The monoisotopic (exact) mass is 469 g/mol. The maximum atomic E-state index is 13.8. The maximum absolute atomic E-state index is 13.8. The van der Waals surface area contributed by atoms with E-state index in [1.807, 2.05) is 18.2 Å². The lowest BCUT2D eigenvalue weighted by molar-refractivity contribution is 0.0220. The lowest BCUT2D eigenvalue weighted by Crippen LogP contribution is -2.40. The van der Waals surface area contributed by atoms with E-state index in [0.717, 1.165) is 5.56 Å². The summed E-state index contributed by atoms with van der Waals surface area (Å²) in [6.45, 7) is 1.06. The van der Waals surface area contributed by atoms with Gasteiger partial charge in [0.25, 0.3) is 0 Å². The van der Waals surface area contributed by atoms with Gasteiger partial charge in [-0.2, -0.15) is 5.26 Å². The number of pyridine rings is 1. The lowest BCUT2D eigenvalue weighted by Gasteiger charge is -2.39. The number of halogens is 3. The molecule has 0 spiro atoms. The van der Waals surface area contributed by atoms with E-state index in [-0.39, 0.29) is 0 Å². The Morgan fingerprint density at radius 1 is 1.06 bits per heavy atom. The normalized spacial score (nSPS) is 17.0. The molecular weight excluding hydrogens is 448 g/mol. The van der Waals surface area contributed by atoms with Crippen LogP contribution in [0.2, 0.25) is 10.0 Å². The summed E-state index contributed by atoms with van der Waals surface area (Å²) < 4.78 is 13.8. The number of aromatic nitrogens is 1. The lowest BCUT2D eigenvalue weighted by atomic mass is 9.90. The Morgan fingerprint density at radius 2 is 1.72 bits per heavy atom. The molecule has 2 atom stereocenters. The van der Waals surface area contributed by atoms with Crippen LogP contribution in [0, 0.1) is 11.3 Å². The van der Waals surface area contributed by atoms with Crippen molar-refractivity contribution in [1.82, 2.24) is 9.88 Å². The van der Waals surface area contributed by atoms with Gasteiger partial charge < -0.3 is 5.11 Å². The minimum atomic E-state index is -0.944. The Kier molecular flexibility index (Phi) is 7.07. The van der Waals surface area contributed by atoms with E-state index in [2.05, 4.69) is 16.0 Å². The van der Waals surface area contributed by atoms with Gasteiger partial charge in [0.05, 0.1) is 23.4 Å². The number of alkyl halides is 1. The number of hydrogen-bond acceptors (Lipinski definition) is 4. The van der Waals surface area contributed by atoms with Crippen LogP contribution in [0.4, 0.5) is 4.39 Å². The highest BCUT2D eigenvalue weighted by Crippen LogP contribution is 2.40. The molecule has 0 unspecified atom stereocenters. The van der Waals surface area contributed by atoms with E-state index >= 15 is 0 Å². The van der Waals surface area contributed by atoms with Gasteiger partial charge >= 0.3 is 0 Å². The summed E-state index contributed by atoms with van der Waals surface area (Å²) in [4.78, 5) is 6.62. The van der Waals surface area contributed by atoms with Gasteiger partial charge in [-0.3, -0.25) is 9.88 Å². The summed E-state index contributed by atoms with van der Waals surface area (Å²) >= 11 is 12.4. The minimum absolute atomic E-state index is 0.420. The molecule has 0 aliphatic carbocycles. The topological polar surface area (TPSA) is 60.1 Å². The van der Waals surface area contributed by atoms with Gasteiger partial charge in [-0.1, -0.05) is 41.4 Å². The third-order valence-electron chi connectivity index (χ3n) is 5.83. The molecule has 4 nitrogen and oxygen atoms in total. The van der Waals surface area contributed by atoms with Gasteiger partial charge in [0.2, 0.25) is 0 Å². The average Bonchev–Trinajstić information content (AvgIpc) is 2.80. The van der Waals surface area contributed by atoms with Crippen LogP contribution < -0.4 is 0 Å². The van der Waals surface area contributed by atoms with E-state index in [4.69, 9.17) is 28.5 Å². The van der Waals surface area contributed by atoms with Crippen LogP contribution >= 0.6 is 23.2 Å². The third kappa shape index (κ3) is 4.95. The summed E-state index contributed by atoms with van der Waals surface area (Å²) in [6.07, 6.45) is 0.728. The maximum Gasteiger partial charge on any atom is 0.103 e. The first kappa shape index (κ1) is 22.7. The quantitative estimate of drug-likeness (QED) is 0.487. The van der Waals surface area contributed by atoms with Crippen molar-refractivity contribution in [2.45, 2.75) is 31.2 Å². The number of likely N-dealkylation sites (tertiary alicyclic amines) is 1. The first-order chi connectivity index (χ1) is 15.5. The highest BCUT2D eigenvalue weighted by molar-refractivity contribution is 6.35. The highest BCUT2D eigenvalue weighted by Gasteiger charge is 2.33. The molecule has 164 valence electrons. The molecule has 0 amide bonds. The van der Waals surface area contributed by atoms with E-state index in [0.29, 0.717) is 58.4 Å². The van der Waals surface area contributed by atoms with Gasteiger partial charge in [-0.15, -0.1) is 0 Å². The average molecular weight is 470 g/mol. The van der Waals surface area contributed by atoms with Crippen molar-refractivity contribution in [3.05, 3.63) is 87.5 Å². The van der Waals surface area contributed by atoms with Gasteiger partial charge in [0.15, 0.2) is 0 Å². The molecule has 7 heteroatoms. The number of hydrogen-bond donors (Lipinski definition) is 1. The SMILES string of the molecule is N#Cc1ccc([C@@H]([C@H](O)c2cccnc2-c2cc(Cl)cc(Cl)c2)N2CCC(F)CC2)cc1. The van der Waals surface area contributed by atoms with Gasteiger partial charge in [-0.25, -0.2) is 4.39 Å². The van der Waals surface area contributed by atoms with Gasteiger partial charge in [-0.05, 0) is 54.8 Å². The van der Waals surface area contributed by atoms with Crippen molar-refractivity contribution >= 4 is 23.2 Å². The van der Waals surface area contributed by atoms with Crippen LogP contribution in [0.15, 0.2) is 60.8 Å². The third-order valence-corrected chi connectivity index (χ3v) is 6.26. The summed E-state index contributed by atoms with van der Waals surface area (Å²) in [5, 5.41) is 21.8. The van der Waals surface area contributed by atoms with Crippen molar-refractivity contribution < 1.29 is 9.50 Å². The fraction of sp³-hybridized carbons (Fsp3) is 0.280.